The summed E-state index contributed by atoms with van der Waals surface area (Å²) in [4.78, 5) is 0. The highest BCUT2D eigenvalue weighted by atomic mass is 32.1. The fraction of sp³-hybridized carbons (Fsp3) is 0.316. The largest absolute Gasteiger partial charge is 0.497 e. The van der Waals surface area contributed by atoms with Crippen molar-refractivity contribution in [2.75, 3.05) is 12.4 Å². The second kappa shape index (κ2) is 6.88. The Labute approximate surface area is 152 Å². The predicted molar refractivity (Wildman–Crippen MR) is 101 cm³/mol. The lowest BCUT2D eigenvalue weighted by molar-refractivity contribution is 0.0693. The molecular weight excluding hydrogens is 339 g/mol. The molecule has 0 spiro atoms. The van der Waals surface area contributed by atoms with Crippen LogP contribution in [0.1, 0.15) is 31.9 Å². The molecule has 0 amide bonds. The molecular formula is C19H21FN2O2S. The summed E-state index contributed by atoms with van der Waals surface area (Å²) in [7, 11) is 1.63. The topological polar surface area (TPSA) is 42.5 Å². The van der Waals surface area contributed by atoms with Gasteiger partial charge in [0.05, 0.1) is 13.2 Å². The number of ether oxygens (including phenoxy) is 2. The molecule has 1 aliphatic rings. The summed E-state index contributed by atoms with van der Waals surface area (Å²) in [5.74, 6) is 1.26. The normalized spacial score (nSPS) is 17.8. The van der Waals surface area contributed by atoms with Crippen LogP contribution in [-0.2, 0) is 0 Å². The Morgan fingerprint density at radius 1 is 1.24 bits per heavy atom. The van der Waals surface area contributed by atoms with Crippen molar-refractivity contribution in [1.82, 2.24) is 5.32 Å². The molecule has 4 nitrogen and oxygen atoms in total. The molecule has 0 fully saturated rings. The lowest BCUT2D eigenvalue weighted by Crippen LogP contribution is -2.42. The zero-order chi connectivity index (χ0) is 18.0. The number of nitrogens with one attached hydrogen (secondary N) is 2. The summed E-state index contributed by atoms with van der Waals surface area (Å²) in [6.07, 6.45) is 0.761. The lowest BCUT2D eigenvalue weighted by atomic mass is 9.89. The highest BCUT2D eigenvalue weighted by Gasteiger charge is 2.34. The highest BCUT2D eigenvalue weighted by Crippen LogP contribution is 2.41. The maximum Gasteiger partial charge on any atom is 0.171 e. The van der Waals surface area contributed by atoms with Gasteiger partial charge in [0, 0.05) is 23.7 Å². The minimum atomic E-state index is -0.331. The van der Waals surface area contributed by atoms with Gasteiger partial charge >= 0.3 is 0 Å². The van der Waals surface area contributed by atoms with E-state index in [-0.39, 0.29) is 17.5 Å². The molecule has 0 bridgehead atoms. The van der Waals surface area contributed by atoms with Gasteiger partial charge < -0.3 is 20.1 Å². The highest BCUT2D eigenvalue weighted by molar-refractivity contribution is 7.80. The molecule has 0 saturated heterocycles. The first kappa shape index (κ1) is 17.5. The van der Waals surface area contributed by atoms with Crippen molar-refractivity contribution in [2.45, 2.75) is 31.9 Å². The molecule has 25 heavy (non-hydrogen) atoms. The zero-order valence-corrected chi connectivity index (χ0v) is 15.2. The fourth-order valence-corrected chi connectivity index (χ4v) is 3.21. The van der Waals surface area contributed by atoms with E-state index < -0.39 is 0 Å². The van der Waals surface area contributed by atoms with Gasteiger partial charge in [0.1, 0.15) is 22.9 Å². The van der Waals surface area contributed by atoms with Crippen molar-refractivity contribution in [1.29, 1.82) is 0 Å². The summed E-state index contributed by atoms with van der Waals surface area (Å²) >= 11 is 5.42. The van der Waals surface area contributed by atoms with Crippen LogP contribution >= 0.6 is 12.2 Å². The molecule has 1 atom stereocenters. The van der Waals surface area contributed by atoms with Gasteiger partial charge in [-0.25, -0.2) is 4.39 Å². The molecule has 0 radical (unpaired) electrons. The van der Waals surface area contributed by atoms with Gasteiger partial charge in [-0.2, -0.15) is 0 Å². The van der Waals surface area contributed by atoms with Crippen molar-refractivity contribution >= 4 is 23.0 Å². The second-order valence-corrected chi connectivity index (χ2v) is 7.04. The Bertz CT molecular complexity index is 777. The molecule has 2 N–H and O–H groups in total. The molecule has 0 saturated carbocycles. The van der Waals surface area contributed by atoms with Gasteiger partial charge in [0.15, 0.2) is 5.11 Å². The van der Waals surface area contributed by atoms with Crippen LogP contribution in [0.15, 0.2) is 42.5 Å². The molecule has 0 aromatic heterocycles. The summed E-state index contributed by atoms with van der Waals surface area (Å²) in [5, 5.41) is 6.90. The fourth-order valence-electron chi connectivity index (χ4n) is 2.95. The first-order chi connectivity index (χ1) is 11.9. The molecule has 2 aromatic carbocycles. The van der Waals surface area contributed by atoms with Crippen LogP contribution in [0.2, 0.25) is 0 Å². The number of rotatable bonds is 3. The van der Waals surface area contributed by atoms with Crippen LogP contribution in [0.25, 0.3) is 0 Å². The first-order valence-electron chi connectivity index (χ1n) is 8.06. The number of methoxy groups -OCH3 is 1. The van der Waals surface area contributed by atoms with E-state index in [1.54, 1.807) is 19.2 Å². The van der Waals surface area contributed by atoms with E-state index in [1.807, 2.05) is 32.0 Å². The maximum atomic E-state index is 13.0. The van der Waals surface area contributed by atoms with Gasteiger partial charge in [0.2, 0.25) is 0 Å². The Morgan fingerprint density at radius 3 is 2.64 bits per heavy atom. The SMILES string of the molecule is COc1ccc2c(c1)OC(C)(C)C[C@@H]2NC(=S)Nc1ccc(F)cc1. The number of thiocarbonyl (C=S) groups is 1. The molecule has 132 valence electrons. The smallest absolute Gasteiger partial charge is 0.171 e. The molecule has 0 unspecified atom stereocenters. The van der Waals surface area contributed by atoms with E-state index in [1.165, 1.54) is 12.1 Å². The van der Waals surface area contributed by atoms with Crippen molar-refractivity contribution in [3.8, 4) is 11.5 Å². The van der Waals surface area contributed by atoms with Crippen molar-refractivity contribution in [3.05, 3.63) is 53.8 Å². The van der Waals surface area contributed by atoms with E-state index >= 15 is 0 Å². The van der Waals surface area contributed by atoms with Crippen LogP contribution in [0.5, 0.6) is 11.5 Å². The Hall–Kier alpha value is -2.34. The Balaban J connectivity index is 1.77. The molecule has 0 aliphatic carbocycles. The zero-order valence-electron chi connectivity index (χ0n) is 14.4. The number of hydrogen-bond donors (Lipinski definition) is 2. The van der Waals surface area contributed by atoms with Crippen LogP contribution in [0, 0.1) is 5.82 Å². The summed E-state index contributed by atoms with van der Waals surface area (Å²) < 4.78 is 24.4. The van der Waals surface area contributed by atoms with Gasteiger partial charge in [-0.15, -0.1) is 0 Å². The third-order valence-corrected chi connectivity index (χ3v) is 4.31. The number of fused-ring (bicyclic) bond motifs is 1. The van der Waals surface area contributed by atoms with Gasteiger partial charge in [-0.3, -0.25) is 0 Å². The molecule has 6 heteroatoms. The minimum Gasteiger partial charge on any atom is -0.497 e. The lowest BCUT2D eigenvalue weighted by Gasteiger charge is -2.38. The maximum absolute atomic E-state index is 13.0. The van der Waals surface area contributed by atoms with Gasteiger partial charge in [-0.1, -0.05) is 0 Å². The molecule has 1 aliphatic heterocycles. The van der Waals surface area contributed by atoms with Crippen molar-refractivity contribution < 1.29 is 13.9 Å². The standard InChI is InChI=1S/C19H21FN2O2S/c1-19(2)11-16(15-9-8-14(23-3)10-17(15)24-19)22-18(25)21-13-6-4-12(20)5-7-13/h4-10,16H,11H2,1-3H3,(H2,21,22,25)/t16-/m0/s1. The molecule has 1 heterocycles. The second-order valence-electron chi connectivity index (χ2n) is 6.63. The quantitative estimate of drug-likeness (QED) is 0.793. The summed E-state index contributed by atoms with van der Waals surface area (Å²) in [5.41, 5.74) is 1.44. The third-order valence-electron chi connectivity index (χ3n) is 4.09. The Kier molecular flexibility index (Phi) is 4.81. The van der Waals surface area contributed by atoms with Crippen LogP contribution in [0.4, 0.5) is 10.1 Å². The average Bonchev–Trinajstić information content (AvgIpc) is 2.55. The Morgan fingerprint density at radius 2 is 1.96 bits per heavy atom. The number of anilines is 1. The average molecular weight is 360 g/mol. The van der Waals surface area contributed by atoms with Crippen LogP contribution < -0.4 is 20.1 Å². The summed E-state index contributed by atoms with van der Waals surface area (Å²) in [6, 6.07) is 11.9. The van der Waals surface area contributed by atoms with Gasteiger partial charge in [0.25, 0.3) is 0 Å². The van der Waals surface area contributed by atoms with E-state index in [0.29, 0.717) is 5.11 Å². The van der Waals surface area contributed by atoms with Crippen LogP contribution in [0.3, 0.4) is 0 Å². The predicted octanol–water partition coefficient (Wildman–Crippen LogP) is 4.42. The van der Waals surface area contributed by atoms with E-state index in [4.69, 9.17) is 21.7 Å². The van der Waals surface area contributed by atoms with E-state index in [9.17, 15) is 4.39 Å². The van der Waals surface area contributed by atoms with Crippen LogP contribution in [-0.4, -0.2) is 17.8 Å². The minimum absolute atomic E-state index is 0.00473. The number of halogens is 1. The third kappa shape index (κ3) is 4.20. The summed E-state index contributed by atoms with van der Waals surface area (Å²) in [6.45, 7) is 4.08. The van der Waals surface area contributed by atoms with Crippen molar-refractivity contribution in [3.63, 3.8) is 0 Å². The first-order valence-corrected chi connectivity index (χ1v) is 8.47. The van der Waals surface area contributed by atoms with Gasteiger partial charge in [-0.05, 0) is 62.5 Å². The molecule has 2 aromatic rings. The van der Waals surface area contributed by atoms with Crippen molar-refractivity contribution in [2.24, 2.45) is 0 Å². The number of hydrogen-bond acceptors (Lipinski definition) is 3. The monoisotopic (exact) mass is 360 g/mol. The number of benzene rings is 2. The van der Waals surface area contributed by atoms with E-state index in [2.05, 4.69) is 10.6 Å². The van der Waals surface area contributed by atoms with E-state index in [0.717, 1.165) is 29.2 Å². The molecule has 3 rings (SSSR count).